The molecule has 0 saturated heterocycles. The summed E-state index contributed by atoms with van der Waals surface area (Å²) in [4.78, 5) is 30.5. The van der Waals surface area contributed by atoms with Gasteiger partial charge in [-0.25, -0.2) is 4.39 Å². The van der Waals surface area contributed by atoms with Crippen LogP contribution in [-0.4, -0.2) is 25.5 Å². The number of amides is 1. The summed E-state index contributed by atoms with van der Waals surface area (Å²) in [5.41, 5.74) is 9.13. The number of nitrogens with one attached hydrogen (secondary N) is 1. The fraction of sp³-hybridized carbons (Fsp3) is 0.333. The van der Waals surface area contributed by atoms with Crippen LogP contribution in [0.3, 0.4) is 0 Å². The van der Waals surface area contributed by atoms with Crippen molar-refractivity contribution < 1.29 is 28.3 Å². The van der Waals surface area contributed by atoms with Gasteiger partial charge < -0.3 is 20.0 Å². The second-order valence-electron chi connectivity index (χ2n) is 9.98. The number of ether oxygens (including phenoxy) is 2. The van der Waals surface area contributed by atoms with Gasteiger partial charge in [-0.1, -0.05) is 61.2 Å². The van der Waals surface area contributed by atoms with Crippen LogP contribution in [0.1, 0.15) is 53.6 Å². The van der Waals surface area contributed by atoms with E-state index in [1.165, 1.54) is 19.2 Å². The summed E-state index contributed by atoms with van der Waals surface area (Å²) in [6, 6.07) is 15.6. The highest BCUT2D eigenvalue weighted by Gasteiger charge is 2.44. The predicted molar refractivity (Wildman–Crippen MR) is 145 cm³/mol. The summed E-state index contributed by atoms with van der Waals surface area (Å²) in [7, 11) is 1.34. The highest BCUT2D eigenvalue weighted by atomic mass is 35.5. The van der Waals surface area contributed by atoms with E-state index in [0.29, 0.717) is 16.9 Å². The van der Waals surface area contributed by atoms with Gasteiger partial charge in [0.1, 0.15) is 5.75 Å². The van der Waals surface area contributed by atoms with E-state index in [4.69, 9.17) is 31.6 Å². The van der Waals surface area contributed by atoms with Gasteiger partial charge in [-0.15, -0.1) is 5.48 Å². The van der Waals surface area contributed by atoms with Gasteiger partial charge in [0.25, 0.3) is 0 Å². The van der Waals surface area contributed by atoms with Crippen molar-refractivity contribution >= 4 is 23.5 Å². The lowest BCUT2D eigenvalue weighted by atomic mass is 9.85. The zero-order valence-corrected chi connectivity index (χ0v) is 22.4. The highest BCUT2D eigenvalue weighted by molar-refractivity contribution is 6.34. The Balaban J connectivity index is 1.53. The van der Waals surface area contributed by atoms with Gasteiger partial charge in [0.15, 0.2) is 17.2 Å². The fourth-order valence-electron chi connectivity index (χ4n) is 5.59. The van der Waals surface area contributed by atoms with E-state index in [2.05, 4.69) is 5.48 Å². The molecule has 0 aromatic heterocycles. The van der Waals surface area contributed by atoms with Crippen LogP contribution in [-0.2, 0) is 21.7 Å². The highest BCUT2D eigenvalue weighted by Crippen LogP contribution is 2.49. The van der Waals surface area contributed by atoms with Crippen LogP contribution in [0.4, 0.5) is 4.39 Å². The normalized spacial score (nSPS) is 18.7. The number of halogens is 2. The summed E-state index contributed by atoms with van der Waals surface area (Å²) in [5, 5.41) is 0.229. The Morgan fingerprint density at radius 2 is 1.82 bits per heavy atom. The minimum Gasteiger partial charge on any atom is -0.494 e. The third-order valence-corrected chi connectivity index (χ3v) is 7.91. The first-order valence-electron chi connectivity index (χ1n) is 13.0. The molecule has 0 bridgehead atoms. The van der Waals surface area contributed by atoms with Crippen molar-refractivity contribution in [2.24, 2.45) is 11.7 Å². The molecule has 3 N–H and O–H groups in total. The molecule has 1 fully saturated rings. The van der Waals surface area contributed by atoms with E-state index < -0.39 is 17.3 Å². The van der Waals surface area contributed by atoms with E-state index in [1.807, 2.05) is 30.3 Å². The Hall–Kier alpha value is -3.62. The molecular weight excluding hydrogens is 523 g/mol. The lowest BCUT2D eigenvalue weighted by Gasteiger charge is -2.30. The number of hydroxylamine groups is 1. The molecule has 1 heterocycles. The summed E-state index contributed by atoms with van der Waals surface area (Å²) in [5.74, 6) is -1.52. The third-order valence-electron chi connectivity index (χ3n) is 7.60. The molecule has 3 aromatic carbocycles. The smallest absolute Gasteiger partial charge is 0.327 e. The molecule has 1 atom stereocenters. The fourth-order valence-corrected chi connectivity index (χ4v) is 5.86. The van der Waals surface area contributed by atoms with Crippen molar-refractivity contribution in [1.82, 2.24) is 5.48 Å². The monoisotopic (exact) mass is 552 g/mol. The molecule has 9 heteroatoms. The summed E-state index contributed by atoms with van der Waals surface area (Å²) >= 11 is 6.66. The number of hydrogen-bond donors (Lipinski definition) is 2. The molecule has 1 amide bonds. The van der Waals surface area contributed by atoms with Crippen LogP contribution in [0.15, 0.2) is 54.6 Å². The average molecular weight is 553 g/mol. The van der Waals surface area contributed by atoms with Crippen LogP contribution < -0.4 is 20.7 Å². The SMILES string of the molecule is COc1ccc(C(N)=O)c(-c2c(Cl)ccc3c2C[C@@](CNOC(=O)C2CCCCC2)(c2ccccc2)O3)c1F. The van der Waals surface area contributed by atoms with E-state index in [1.54, 1.807) is 12.1 Å². The molecule has 1 aliphatic carbocycles. The molecular formula is C30H30ClFN2O5. The Kier molecular flexibility index (Phi) is 7.77. The number of methoxy groups -OCH3 is 1. The first kappa shape index (κ1) is 27.0. The minimum atomic E-state index is -1.00. The van der Waals surface area contributed by atoms with Crippen molar-refractivity contribution in [2.45, 2.75) is 44.1 Å². The van der Waals surface area contributed by atoms with Crippen molar-refractivity contribution in [1.29, 1.82) is 0 Å². The molecule has 2 aliphatic rings. The first-order chi connectivity index (χ1) is 18.8. The molecule has 3 aromatic rings. The zero-order valence-electron chi connectivity index (χ0n) is 21.6. The summed E-state index contributed by atoms with van der Waals surface area (Å²) in [6.45, 7) is 0.129. The van der Waals surface area contributed by atoms with Crippen LogP contribution in [0.5, 0.6) is 11.5 Å². The number of hydrogen-bond acceptors (Lipinski definition) is 6. The van der Waals surface area contributed by atoms with Gasteiger partial charge in [-0.05, 0) is 42.7 Å². The lowest BCUT2D eigenvalue weighted by molar-refractivity contribution is -0.159. The topological polar surface area (TPSA) is 99.9 Å². The van der Waals surface area contributed by atoms with Crippen LogP contribution in [0, 0.1) is 11.7 Å². The standard InChI is InChI=1S/C30H30ClFN2O5/c1-37-24-14-12-20(28(33)35)26(27(24)32)25-21-16-30(19-10-6-3-7-11-19,38-23(21)15-13-22(25)31)17-34-39-29(36)18-8-4-2-5-9-18/h3,6-7,10-15,18,34H,2,4-5,8-9,16-17H2,1H3,(H2,33,35)/t30-/m1/s1. The number of carbonyl (C=O) groups excluding carboxylic acids is 2. The minimum absolute atomic E-state index is 0.0275. The van der Waals surface area contributed by atoms with Crippen LogP contribution in [0.25, 0.3) is 11.1 Å². The number of nitrogens with two attached hydrogens (primary N) is 1. The molecule has 0 spiro atoms. The van der Waals surface area contributed by atoms with Gasteiger partial charge in [0, 0.05) is 28.1 Å². The lowest BCUT2D eigenvalue weighted by Crippen LogP contribution is -2.43. The number of fused-ring (bicyclic) bond motifs is 1. The first-order valence-corrected chi connectivity index (χ1v) is 13.4. The molecule has 7 nitrogen and oxygen atoms in total. The number of primary amides is 1. The predicted octanol–water partition coefficient (Wildman–Crippen LogP) is 5.71. The maximum absolute atomic E-state index is 15.7. The third kappa shape index (κ3) is 5.18. The quantitative estimate of drug-likeness (QED) is 0.347. The molecule has 204 valence electrons. The number of rotatable bonds is 8. The van der Waals surface area contributed by atoms with Gasteiger partial charge in [-0.3, -0.25) is 9.59 Å². The van der Waals surface area contributed by atoms with E-state index in [-0.39, 0.29) is 46.8 Å². The van der Waals surface area contributed by atoms with Crippen molar-refractivity contribution in [3.8, 4) is 22.6 Å². The Morgan fingerprint density at radius 3 is 2.51 bits per heavy atom. The van der Waals surface area contributed by atoms with Gasteiger partial charge >= 0.3 is 5.97 Å². The summed E-state index contributed by atoms with van der Waals surface area (Å²) in [6.07, 6.45) is 5.07. The van der Waals surface area contributed by atoms with Crippen molar-refractivity contribution in [3.05, 3.63) is 82.1 Å². The van der Waals surface area contributed by atoms with Gasteiger partial charge in [-0.2, -0.15) is 0 Å². The Labute approximate surface area is 231 Å². The van der Waals surface area contributed by atoms with Gasteiger partial charge in [0.05, 0.1) is 25.1 Å². The molecule has 1 saturated carbocycles. The largest absolute Gasteiger partial charge is 0.494 e. The Morgan fingerprint density at radius 1 is 1.08 bits per heavy atom. The van der Waals surface area contributed by atoms with E-state index >= 15 is 4.39 Å². The summed E-state index contributed by atoms with van der Waals surface area (Å²) < 4.78 is 27.4. The van der Waals surface area contributed by atoms with Gasteiger partial charge in [0.2, 0.25) is 5.91 Å². The molecule has 5 rings (SSSR count). The maximum atomic E-state index is 15.7. The van der Waals surface area contributed by atoms with E-state index in [9.17, 15) is 9.59 Å². The maximum Gasteiger partial charge on any atom is 0.327 e. The second-order valence-corrected chi connectivity index (χ2v) is 10.4. The van der Waals surface area contributed by atoms with E-state index in [0.717, 1.165) is 37.7 Å². The van der Waals surface area contributed by atoms with Crippen molar-refractivity contribution in [2.75, 3.05) is 13.7 Å². The number of benzene rings is 3. The van der Waals surface area contributed by atoms with Crippen molar-refractivity contribution in [3.63, 3.8) is 0 Å². The second kappa shape index (κ2) is 11.2. The van der Waals surface area contributed by atoms with Crippen LogP contribution >= 0.6 is 11.6 Å². The van der Waals surface area contributed by atoms with Crippen LogP contribution in [0.2, 0.25) is 5.02 Å². The number of carbonyl (C=O) groups is 2. The molecule has 0 unspecified atom stereocenters. The zero-order chi connectivity index (χ0) is 27.6. The molecule has 0 radical (unpaired) electrons. The average Bonchev–Trinajstić information content (AvgIpc) is 3.34. The molecule has 1 aliphatic heterocycles. The molecule has 39 heavy (non-hydrogen) atoms. The Bertz CT molecular complexity index is 1390.